The first-order valence-corrected chi connectivity index (χ1v) is 10.3. The molecule has 3 amide bonds. The molecule has 1 atom stereocenters. The maximum absolute atomic E-state index is 13.3. The lowest BCUT2D eigenvalue weighted by Crippen LogP contribution is -2.44. The standard InChI is InChI=1S/C24H20N2O8/c1-14(27)16-3-5-17(6-4-16)26-22(29)11-18(24(26)32)25(21(28)8-9-23(30)31)12-15-2-7-19-20(10-15)34-13-33-19/h2-10,18H,11-13H2,1H3,(H,30,31). The lowest BCUT2D eigenvalue weighted by Gasteiger charge is -2.27. The Morgan fingerprint density at radius 2 is 1.76 bits per heavy atom. The number of aliphatic carboxylic acids is 1. The molecule has 174 valence electrons. The fourth-order valence-electron chi connectivity index (χ4n) is 3.79. The highest BCUT2D eigenvalue weighted by Gasteiger charge is 2.44. The maximum atomic E-state index is 13.3. The van der Waals surface area contributed by atoms with E-state index in [1.165, 1.54) is 31.2 Å². The van der Waals surface area contributed by atoms with Crippen LogP contribution >= 0.6 is 0 Å². The minimum atomic E-state index is -1.32. The third-order valence-corrected chi connectivity index (χ3v) is 5.47. The van der Waals surface area contributed by atoms with E-state index in [-0.39, 0.29) is 31.2 Å². The Morgan fingerprint density at radius 1 is 1.06 bits per heavy atom. The predicted molar refractivity (Wildman–Crippen MR) is 117 cm³/mol. The van der Waals surface area contributed by atoms with Gasteiger partial charge in [-0.25, -0.2) is 9.69 Å². The molecular formula is C24H20N2O8. The van der Waals surface area contributed by atoms with Gasteiger partial charge in [-0.15, -0.1) is 0 Å². The molecule has 0 spiro atoms. The number of amides is 3. The van der Waals surface area contributed by atoms with Gasteiger partial charge in [-0.2, -0.15) is 0 Å². The number of ether oxygens (including phenoxy) is 2. The minimum absolute atomic E-state index is 0.0652. The number of hydrogen-bond acceptors (Lipinski definition) is 7. The van der Waals surface area contributed by atoms with Crippen LogP contribution < -0.4 is 14.4 Å². The van der Waals surface area contributed by atoms with Gasteiger partial charge in [0.15, 0.2) is 17.3 Å². The second-order valence-electron chi connectivity index (χ2n) is 7.72. The lowest BCUT2D eigenvalue weighted by atomic mass is 10.1. The number of carbonyl (C=O) groups is 5. The number of carboxylic acid groups (broad SMARTS) is 1. The van der Waals surface area contributed by atoms with Crippen LogP contribution in [0.4, 0.5) is 5.69 Å². The van der Waals surface area contributed by atoms with E-state index in [2.05, 4.69) is 0 Å². The molecule has 10 nitrogen and oxygen atoms in total. The van der Waals surface area contributed by atoms with Crippen molar-refractivity contribution < 1.29 is 38.6 Å². The van der Waals surface area contributed by atoms with E-state index in [1.807, 2.05) is 0 Å². The first kappa shape index (κ1) is 22.7. The van der Waals surface area contributed by atoms with Gasteiger partial charge in [0, 0.05) is 24.3 Å². The Hall–Kier alpha value is -4.47. The monoisotopic (exact) mass is 464 g/mol. The molecule has 4 rings (SSSR count). The van der Waals surface area contributed by atoms with E-state index >= 15 is 0 Å². The summed E-state index contributed by atoms with van der Waals surface area (Å²) in [7, 11) is 0. The van der Waals surface area contributed by atoms with Gasteiger partial charge in [-0.3, -0.25) is 19.2 Å². The molecule has 2 heterocycles. The molecule has 10 heteroatoms. The zero-order valence-electron chi connectivity index (χ0n) is 18.1. The molecule has 1 N–H and O–H groups in total. The number of nitrogens with zero attached hydrogens (tertiary/aromatic N) is 2. The maximum Gasteiger partial charge on any atom is 0.328 e. The van der Waals surface area contributed by atoms with Crippen molar-refractivity contribution in [1.29, 1.82) is 0 Å². The third kappa shape index (κ3) is 4.51. The molecule has 1 saturated heterocycles. The molecule has 0 radical (unpaired) electrons. The van der Waals surface area contributed by atoms with Crippen molar-refractivity contribution in [2.24, 2.45) is 0 Å². The highest BCUT2D eigenvalue weighted by Crippen LogP contribution is 2.34. The molecule has 2 aliphatic heterocycles. The predicted octanol–water partition coefficient (Wildman–Crippen LogP) is 1.92. The van der Waals surface area contributed by atoms with Crippen molar-refractivity contribution in [3.63, 3.8) is 0 Å². The summed E-state index contributed by atoms with van der Waals surface area (Å²) in [4.78, 5) is 63.5. The average molecular weight is 464 g/mol. The Morgan fingerprint density at radius 3 is 2.44 bits per heavy atom. The molecule has 2 aliphatic rings. The molecule has 0 bridgehead atoms. The van der Waals surface area contributed by atoms with Gasteiger partial charge >= 0.3 is 5.97 Å². The zero-order valence-corrected chi connectivity index (χ0v) is 18.1. The summed E-state index contributed by atoms with van der Waals surface area (Å²) in [6, 6.07) is 9.87. The van der Waals surface area contributed by atoms with E-state index in [4.69, 9.17) is 14.6 Å². The van der Waals surface area contributed by atoms with Gasteiger partial charge in [0.25, 0.3) is 5.91 Å². The highest BCUT2D eigenvalue weighted by molar-refractivity contribution is 6.23. The topological polar surface area (TPSA) is 131 Å². The zero-order chi connectivity index (χ0) is 24.4. The number of ketones is 1. The number of imide groups is 1. The van der Waals surface area contributed by atoms with Crippen LogP contribution in [0, 0.1) is 0 Å². The summed E-state index contributed by atoms with van der Waals surface area (Å²) >= 11 is 0. The summed E-state index contributed by atoms with van der Waals surface area (Å²) in [6.45, 7) is 1.40. The van der Waals surface area contributed by atoms with Crippen LogP contribution in [-0.4, -0.2) is 52.3 Å². The largest absolute Gasteiger partial charge is 0.478 e. The van der Waals surface area contributed by atoms with E-state index in [0.29, 0.717) is 28.7 Å². The quantitative estimate of drug-likeness (QED) is 0.374. The minimum Gasteiger partial charge on any atom is -0.478 e. The molecule has 0 saturated carbocycles. The number of fused-ring (bicyclic) bond motifs is 1. The molecule has 0 aliphatic carbocycles. The molecular weight excluding hydrogens is 444 g/mol. The van der Waals surface area contributed by atoms with Gasteiger partial charge in [-0.05, 0) is 48.9 Å². The van der Waals surface area contributed by atoms with Crippen molar-refractivity contribution in [2.45, 2.75) is 25.9 Å². The summed E-state index contributed by atoms with van der Waals surface area (Å²) in [5.74, 6) is -2.34. The number of hydrogen-bond donors (Lipinski definition) is 1. The number of carbonyl (C=O) groups excluding carboxylic acids is 4. The van der Waals surface area contributed by atoms with E-state index < -0.39 is 29.7 Å². The Bertz CT molecular complexity index is 1220. The first-order chi connectivity index (χ1) is 16.2. The first-order valence-electron chi connectivity index (χ1n) is 10.3. The van der Waals surface area contributed by atoms with Gasteiger partial charge in [0.05, 0.1) is 12.1 Å². The Labute approximate surface area is 194 Å². The number of rotatable bonds is 7. The lowest BCUT2D eigenvalue weighted by molar-refractivity contribution is -0.135. The molecule has 1 fully saturated rings. The van der Waals surface area contributed by atoms with Gasteiger partial charge in [0.2, 0.25) is 18.6 Å². The van der Waals surface area contributed by atoms with Crippen LogP contribution in [0.2, 0.25) is 0 Å². The Balaban J connectivity index is 1.63. The van der Waals surface area contributed by atoms with E-state index in [9.17, 15) is 24.0 Å². The van der Waals surface area contributed by atoms with Crippen LogP contribution in [0.1, 0.15) is 29.3 Å². The van der Waals surface area contributed by atoms with Crippen LogP contribution in [0.3, 0.4) is 0 Å². The number of anilines is 1. The number of benzene rings is 2. The van der Waals surface area contributed by atoms with Crippen molar-refractivity contribution in [3.05, 3.63) is 65.7 Å². The van der Waals surface area contributed by atoms with Crippen LogP contribution in [0.15, 0.2) is 54.6 Å². The van der Waals surface area contributed by atoms with E-state index in [0.717, 1.165) is 15.9 Å². The molecule has 2 aromatic carbocycles. The summed E-state index contributed by atoms with van der Waals surface area (Å²) in [6.07, 6.45) is 1.25. The molecule has 1 unspecified atom stereocenters. The second kappa shape index (κ2) is 9.18. The van der Waals surface area contributed by atoms with Crippen LogP contribution in [-0.2, 0) is 25.7 Å². The fraction of sp³-hybridized carbons (Fsp3) is 0.208. The van der Waals surface area contributed by atoms with Gasteiger partial charge < -0.3 is 19.5 Å². The van der Waals surface area contributed by atoms with E-state index in [1.54, 1.807) is 18.2 Å². The van der Waals surface area contributed by atoms with Crippen molar-refractivity contribution in [3.8, 4) is 11.5 Å². The Kier molecular flexibility index (Phi) is 6.13. The summed E-state index contributed by atoms with van der Waals surface area (Å²) in [5, 5.41) is 8.91. The SMILES string of the molecule is CC(=O)c1ccc(N2C(=O)CC(N(Cc3ccc4c(c3)OCO4)C(=O)C=CC(=O)O)C2=O)cc1. The smallest absolute Gasteiger partial charge is 0.328 e. The molecule has 0 aromatic heterocycles. The number of Topliss-reactive ketones (excluding diaryl/α,β-unsaturated/α-hetero) is 1. The van der Waals surface area contributed by atoms with Gasteiger partial charge in [-0.1, -0.05) is 6.07 Å². The highest BCUT2D eigenvalue weighted by atomic mass is 16.7. The molecule has 2 aromatic rings. The van der Waals surface area contributed by atoms with Crippen molar-refractivity contribution in [2.75, 3.05) is 11.7 Å². The fourth-order valence-corrected chi connectivity index (χ4v) is 3.79. The van der Waals surface area contributed by atoms with Gasteiger partial charge in [0.1, 0.15) is 6.04 Å². The van der Waals surface area contributed by atoms with Crippen molar-refractivity contribution >= 4 is 35.2 Å². The normalized spacial score (nSPS) is 16.9. The molecule has 34 heavy (non-hydrogen) atoms. The van der Waals surface area contributed by atoms with Crippen LogP contribution in [0.5, 0.6) is 11.5 Å². The number of carboxylic acids is 1. The summed E-state index contributed by atoms with van der Waals surface area (Å²) < 4.78 is 10.6. The van der Waals surface area contributed by atoms with Crippen molar-refractivity contribution in [1.82, 2.24) is 4.90 Å². The second-order valence-corrected chi connectivity index (χ2v) is 7.72. The summed E-state index contributed by atoms with van der Waals surface area (Å²) in [5.41, 5.74) is 1.31. The van der Waals surface area contributed by atoms with Crippen LogP contribution in [0.25, 0.3) is 0 Å². The third-order valence-electron chi connectivity index (χ3n) is 5.47. The average Bonchev–Trinajstić information content (AvgIpc) is 3.39.